The van der Waals surface area contributed by atoms with E-state index in [4.69, 9.17) is 0 Å². The quantitative estimate of drug-likeness (QED) is 0.924. The molecule has 0 unspecified atom stereocenters. The highest BCUT2D eigenvalue weighted by atomic mass is 16.4. The maximum atomic E-state index is 11.8. The van der Waals surface area contributed by atoms with Gasteiger partial charge < -0.3 is 5.11 Å². The number of hydrogen-bond donors (Lipinski definition) is 1. The summed E-state index contributed by atoms with van der Waals surface area (Å²) < 4.78 is 0. The third-order valence-electron chi connectivity index (χ3n) is 5.73. The van der Waals surface area contributed by atoms with Crippen molar-refractivity contribution in [3.8, 4) is 0 Å². The molecule has 0 amide bonds. The van der Waals surface area contributed by atoms with Crippen molar-refractivity contribution in [1.29, 1.82) is 0 Å². The van der Waals surface area contributed by atoms with Gasteiger partial charge in [-0.05, 0) is 43.6 Å². The average molecular weight is 285 g/mol. The van der Waals surface area contributed by atoms with Crippen molar-refractivity contribution in [3.63, 3.8) is 0 Å². The Morgan fingerprint density at radius 3 is 2.57 bits per heavy atom. The molecular weight excluding hydrogens is 262 g/mol. The molecule has 1 N–H and O–H groups in total. The third kappa shape index (κ3) is 2.38. The molecule has 1 saturated carbocycles. The minimum atomic E-state index is -0.605. The maximum Gasteiger partial charge on any atom is 0.307 e. The lowest BCUT2D eigenvalue weighted by molar-refractivity contribution is -0.145. The molecule has 0 spiro atoms. The van der Waals surface area contributed by atoms with Gasteiger partial charge in [-0.1, -0.05) is 30.3 Å². The second kappa shape index (κ2) is 5.13. The minimum Gasteiger partial charge on any atom is -0.481 e. The van der Waals surface area contributed by atoms with E-state index < -0.39 is 5.97 Å². The van der Waals surface area contributed by atoms with Gasteiger partial charge in [-0.15, -0.1) is 0 Å². The van der Waals surface area contributed by atoms with E-state index in [-0.39, 0.29) is 11.8 Å². The van der Waals surface area contributed by atoms with Crippen LogP contribution < -0.4 is 0 Å². The molecule has 1 aromatic carbocycles. The van der Waals surface area contributed by atoms with Gasteiger partial charge in [-0.25, -0.2) is 0 Å². The maximum absolute atomic E-state index is 11.8. The summed E-state index contributed by atoms with van der Waals surface area (Å²) in [7, 11) is 0. The Bertz CT molecular complexity index is 525. The fourth-order valence-electron chi connectivity index (χ4n) is 4.58. The standard InChI is InChI=1S/C18H23NO2/c20-18(21)15-10-14-8-9-16(19(14)11-12-6-7-12)17(15)13-4-2-1-3-5-13/h1-5,12,14-17H,6-11H2,(H,20,21)/t14-,15+,16+,17-/m0/s1. The smallest absolute Gasteiger partial charge is 0.307 e. The fourth-order valence-corrected chi connectivity index (χ4v) is 4.58. The van der Waals surface area contributed by atoms with E-state index in [9.17, 15) is 9.90 Å². The van der Waals surface area contributed by atoms with Gasteiger partial charge in [-0.2, -0.15) is 0 Å². The number of carboxylic acid groups (broad SMARTS) is 1. The van der Waals surface area contributed by atoms with Crippen molar-refractivity contribution in [1.82, 2.24) is 4.90 Å². The van der Waals surface area contributed by atoms with E-state index in [1.54, 1.807) is 0 Å². The van der Waals surface area contributed by atoms with Crippen LogP contribution in [0.5, 0.6) is 0 Å². The normalized spacial score (nSPS) is 35.8. The zero-order chi connectivity index (χ0) is 14.4. The van der Waals surface area contributed by atoms with Gasteiger partial charge in [0, 0.05) is 24.5 Å². The molecule has 1 aliphatic carbocycles. The molecule has 2 saturated heterocycles. The van der Waals surface area contributed by atoms with Gasteiger partial charge in [0.25, 0.3) is 0 Å². The molecule has 112 valence electrons. The van der Waals surface area contributed by atoms with Gasteiger partial charge in [0.05, 0.1) is 5.92 Å². The minimum absolute atomic E-state index is 0.168. The van der Waals surface area contributed by atoms with Gasteiger partial charge in [0.1, 0.15) is 0 Å². The summed E-state index contributed by atoms with van der Waals surface area (Å²) in [6, 6.07) is 11.3. The van der Waals surface area contributed by atoms with E-state index in [0.717, 1.165) is 12.3 Å². The van der Waals surface area contributed by atoms with Crippen LogP contribution in [0.15, 0.2) is 30.3 Å². The molecule has 0 radical (unpaired) electrons. The fraction of sp³-hybridized carbons (Fsp3) is 0.611. The lowest BCUT2D eigenvalue weighted by atomic mass is 9.75. The van der Waals surface area contributed by atoms with Gasteiger partial charge in [0.2, 0.25) is 0 Å². The summed E-state index contributed by atoms with van der Waals surface area (Å²) in [6.45, 7) is 1.20. The largest absolute Gasteiger partial charge is 0.481 e. The Morgan fingerprint density at radius 1 is 1.14 bits per heavy atom. The van der Waals surface area contributed by atoms with Crippen LogP contribution in [0.25, 0.3) is 0 Å². The van der Waals surface area contributed by atoms with Crippen LogP contribution in [0.3, 0.4) is 0 Å². The molecule has 3 nitrogen and oxygen atoms in total. The molecule has 0 aromatic heterocycles. The summed E-state index contributed by atoms with van der Waals surface area (Å²) >= 11 is 0. The average Bonchev–Trinajstić information content (AvgIpc) is 3.25. The van der Waals surface area contributed by atoms with Gasteiger partial charge >= 0.3 is 5.97 Å². The van der Waals surface area contributed by atoms with Crippen LogP contribution in [0.2, 0.25) is 0 Å². The zero-order valence-corrected chi connectivity index (χ0v) is 12.3. The van der Waals surface area contributed by atoms with Crippen LogP contribution in [0.1, 0.15) is 43.6 Å². The number of rotatable bonds is 4. The first-order valence-corrected chi connectivity index (χ1v) is 8.27. The Labute approximate surface area is 126 Å². The number of benzene rings is 1. The predicted octanol–water partition coefficient (Wildman–Crippen LogP) is 3.12. The second-order valence-electron chi connectivity index (χ2n) is 7.06. The molecule has 2 aliphatic heterocycles. The monoisotopic (exact) mass is 285 g/mol. The van der Waals surface area contributed by atoms with Crippen LogP contribution in [0.4, 0.5) is 0 Å². The second-order valence-corrected chi connectivity index (χ2v) is 7.06. The Hall–Kier alpha value is -1.35. The van der Waals surface area contributed by atoms with Crippen LogP contribution in [-0.2, 0) is 4.79 Å². The third-order valence-corrected chi connectivity index (χ3v) is 5.73. The molecule has 2 heterocycles. The molecule has 4 atom stereocenters. The lowest BCUT2D eigenvalue weighted by Crippen LogP contribution is -2.50. The number of nitrogens with zero attached hydrogens (tertiary/aromatic N) is 1. The highest BCUT2D eigenvalue weighted by Crippen LogP contribution is 2.48. The van der Waals surface area contributed by atoms with Crippen molar-refractivity contribution >= 4 is 5.97 Å². The molecular formula is C18H23NO2. The van der Waals surface area contributed by atoms with E-state index >= 15 is 0 Å². The summed E-state index contributed by atoms with van der Waals surface area (Å²) in [5.74, 6) is 0.235. The molecule has 1 aromatic rings. The highest BCUT2D eigenvalue weighted by molar-refractivity contribution is 5.72. The summed E-state index contributed by atoms with van der Waals surface area (Å²) in [4.78, 5) is 14.4. The molecule has 21 heavy (non-hydrogen) atoms. The molecule has 3 fully saturated rings. The Morgan fingerprint density at radius 2 is 1.90 bits per heavy atom. The van der Waals surface area contributed by atoms with E-state index in [1.165, 1.54) is 37.8 Å². The Balaban J connectivity index is 1.66. The number of piperidine rings is 1. The van der Waals surface area contributed by atoms with Crippen molar-refractivity contribution in [2.45, 2.75) is 50.1 Å². The highest BCUT2D eigenvalue weighted by Gasteiger charge is 2.50. The lowest BCUT2D eigenvalue weighted by Gasteiger charge is -2.43. The predicted molar refractivity (Wildman–Crippen MR) is 81.2 cm³/mol. The number of carboxylic acids is 1. The molecule has 3 heteroatoms. The van der Waals surface area contributed by atoms with Crippen LogP contribution >= 0.6 is 0 Å². The summed E-state index contributed by atoms with van der Waals surface area (Å²) in [5.41, 5.74) is 1.22. The molecule has 3 aliphatic rings. The van der Waals surface area contributed by atoms with Crippen molar-refractivity contribution in [2.24, 2.45) is 11.8 Å². The van der Waals surface area contributed by atoms with Crippen molar-refractivity contribution in [2.75, 3.05) is 6.54 Å². The van der Waals surface area contributed by atoms with E-state index in [0.29, 0.717) is 12.1 Å². The van der Waals surface area contributed by atoms with Crippen LogP contribution in [-0.4, -0.2) is 34.6 Å². The first kappa shape index (κ1) is 13.3. The van der Waals surface area contributed by atoms with Gasteiger partial charge in [-0.3, -0.25) is 9.69 Å². The molecule has 2 bridgehead atoms. The van der Waals surface area contributed by atoms with Crippen LogP contribution in [0, 0.1) is 11.8 Å². The van der Waals surface area contributed by atoms with E-state index in [2.05, 4.69) is 17.0 Å². The zero-order valence-electron chi connectivity index (χ0n) is 12.3. The topological polar surface area (TPSA) is 40.5 Å². The van der Waals surface area contributed by atoms with Crippen molar-refractivity contribution in [3.05, 3.63) is 35.9 Å². The number of carbonyl (C=O) groups is 1. The number of fused-ring (bicyclic) bond motifs is 2. The van der Waals surface area contributed by atoms with Gasteiger partial charge in [0.15, 0.2) is 0 Å². The first-order valence-electron chi connectivity index (χ1n) is 8.27. The number of hydrogen-bond acceptors (Lipinski definition) is 2. The number of aliphatic carboxylic acids is 1. The first-order chi connectivity index (χ1) is 10.2. The van der Waals surface area contributed by atoms with Crippen molar-refractivity contribution < 1.29 is 9.90 Å². The molecule has 4 rings (SSSR count). The Kier molecular flexibility index (Phi) is 3.26. The van der Waals surface area contributed by atoms with E-state index in [1.807, 2.05) is 18.2 Å². The SMILES string of the molecule is O=C(O)[C@@H]1C[C@@H]2CC[C@H]([C@H]1c1ccccc1)N2CC1CC1. The summed E-state index contributed by atoms with van der Waals surface area (Å²) in [6.07, 6.45) is 5.92. The summed E-state index contributed by atoms with van der Waals surface area (Å²) in [5, 5.41) is 9.70.